The van der Waals surface area contributed by atoms with Gasteiger partial charge in [-0.05, 0) is 37.3 Å². The van der Waals surface area contributed by atoms with Gasteiger partial charge in [-0.25, -0.2) is 39.9 Å². The molecule has 0 saturated carbocycles. The van der Waals surface area contributed by atoms with Crippen LogP contribution in [0.1, 0.15) is 17.7 Å². The number of halogens is 4. The Morgan fingerprint density at radius 3 is 2.40 bits per heavy atom. The predicted octanol–water partition coefficient (Wildman–Crippen LogP) is 4.86. The van der Waals surface area contributed by atoms with Gasteiger partial charge in [0.25, 0.3) is 16.4 Å². The molecular weight excluding hydrogens is 422 g/mol. The van der Waals surface area contributed by atoms with Crippen molar-refractivity contribution in [1.82, 2.24) is 13.9 Å². The van der Waals surface area contributed by atoms with Crippen LogP contribution in [0.25, 0.3) is 22.3 Å². The zero-order valence-electron chi connectivity index (χ0n) is 15.4. The van der Waals surface area contributed by atoms with Gasteiger partial charge in [0.05, 0.1) is 16.8 Å². The molecule has 0 aliphatic heterocycles. The molecule has 0 bridgehead atoms. The number of hydrogen-bond acceptors (Lipinski definition) is 4. The highest BCUT2D eigenvalue weighted by Crippen LogP contribution is 2.33. The maximum Gasteiger partial charge on any atom is 0.283 e. The first-order valence-corrected chi connectivity index (χ1v) is 10.1. The van der Waals surface area contributed by atoms with Crippen molar-refractivity contribution < 1.29 is 26.0 Å². The topological polar surface area (TPSA) is 64.8 Å². The highest BCUT2D eigenvalue weighted by molar-refractivity contribution is 7.90. The number of benzene rings is 1. The van der Waals surface area contributed by atoms with Gasteiger partial charge in [-0.1, -0.05) is 17.7 Å². The van der Waals surface area contributed by atoms with Gasteiger partial charge in [0.1, 0.15) is 11.5 Å². The van der Waals surface area contributed by atoms with Crippen molar-refractivity contribution in [3.63, 3.8) is 0 Å². The summed E-state index contributed by atoms with van der Waals surface area (Å²) in [6.07, 6.45) is -1.22. The van der Waals surface area contributed by atoms with Crippen LogP contribution < -0.4 is 0 Å². The van der Waals surface area contributed by atoms with Crippen LogP contribution in [-0.4, -0.2) is 22.4 Å². The highest BCUT2D eigenvalue weighted by atomic mass is 32.2. The summed E-state index contributed by atoms with van der Waals surface area (Å²) < 4.78 is 80.8. The van der Waals surface area contributed by atoms with Gasteiger partial charge in [0.2, 0.25) is 0 Å². The van der Waals surface area contributed by atoms with Crippen molar-refractivity contribution >= 4 is 21.1 Å². The summed E-state index contributed by atoms with van der Waals surface area (Å²) in [5.41, 5.74) is -0.463. The second kappa shape index (κ2) is 7.21. The fourth-order valence-corrected chi connectivity index (χ4v) is 4.35. The van der Waals surface area contributed by atoms with Crippen LogP contribution in [0.4, 0.5) is 17.6 Å². The Labute approximate surface area is 168 Å². The van der Waals surface area contributed by atoms with Gasteiger partial charge in [-0.2, -0.15) is 0 Å². The standard InChI is InChI=1S/C20H13F4N3O2S/c1-11-2-4-13(5-3-11)30(28,29)27-10-15(14-8-12(21)9-25-20(14)27)17-7-6-16(22)18(26-17)19(23)24/h2-10,19H,1H3. The molecule has 0 atom stereocenters. The van der Waals surface area contributed by atoms with E-state index in [0.717, 1.165) is 40.1 Å². The van der Waals surface area contributed by atoms with Crippen LogP contribution in [-0.2, 0) is 10.0 Å². The summed E-state index contributed by atoms with van der Waals surface area (Å²) in [7, 11) is -4.14. The number of hydrogen-bond donors (Lipinski definition) is 0. The van der Waals surface area contributed by atoms with Gasteiger partial charge in [0.15, 0.2) is 11.5 Å². The molecule has 4 rings (SSSR count). The monoisotopic (exact) mass is 435 g/mol. The summed E-state index contributed by atoms with van der Waals surface area (Å²) in [6, 6.07) is 8.98. The van der Waals surface area contributed by atoms with Crippen molar-refractivity contribution in [1.29, 1.82) is 0 Å². The van der Waals surface area contributed by atoms with Crippen LogP contribution in [0.5, 0.6) is 0 Å². The van der Waals surface area contributed by atoms with E-state index in [0.29, 0.717) is 0 Å². The molecule has 0 fully saturated rings. The van der Waals surface area contributed by atoms with Crippen molar-refractivity contribution in [2.45, 2.75) is 18.2 Å². The number of rotatable bonds is 4. The molecule has 0 spiro atoms. The van der Waals surface area contributed by atoms with E-state index in [-0.39, 0.29) is 27.2 Å². The molecule has 3 heterocycles. The average molecular weight is 435 g/mol. The molecule has 0 aliphatic rings. The first kappa shape index (κ1) is 20.0. The number of aromatic nitrogens is 3. The lowest BCUT2D eigenvalue weighted by Crippen LogP contribution is -2.12. The normalized spacial score (nSPS) is 12.1. The molecule has 30 heavy (non-hydrogen) atoms. The summed E-state index contributed by atoms with van der Waals surface area (Å²) in [6.45, 7) is 1.80. The zero-order chi connectivity index (χ0) is 21.6. The fourth-order valence-electron chi connectivity index (χ4n) is 3.03. The summed E-state index contributed by atoms with van der Waals surface area (Å²) >= 11 is 0. The third-order valence-corrected chi connectivity index (χ3v) is 6.18. The van der Waals surface area contributed by atoms with Crippen LogP contribution >= 0.6 is 0 Å². The molecule has 0 N–H and O–H groups in total. The highest BCUT2D eigenvalue weighted by Gasteiger charge is 2.25. The third-order valence-electron chi connectivity index (χ3n) is 4.51. The Balaban J connectivity index is 1.99. The van der Waals surface area contributed by atoms with E-state index >= 15 is 0 Å². The molecular formula is C20H13F4N3O2S. The Morgan fingerprint density at radius 1 is 1.03 bits per heavy atom. The average Bonchev–Trinajstić information content (AvgIpc) is 3.08. The molecule has 10 heteroatoms. The number of pyridine rings is 2. The minimum atomic E-state index is -4.14. The first-order valence-electron chi connectivity index (χ1n) is 8.62. The summed E-state index contributed by atoms with van der Waals surface area (Å²) in [4.78, 5) is 7.45. The minimum Gasteiger partial charge on any atom is -0.244 e. The first-order chi connectivity index (χ1) is 14.2. The summed E-state index contributed by atoms with van der Waals surface area (Å²) in [5.74, 6) is -1.96. The number of alkyl halides is 2. The van der Waals surface area contributed by atoms with E-state index in [2.05, 4.69) is 9.97 Å². The van der Waals surface area contributed by atoms with Crippen LogP contribution in [0.3, 0.4) is 0 Å². The van der Waals surface area contributed by atoms with E-state index in [9.17, 15) is 26.0 Å². The van der Waals surface area contributed by atoms with Crippen molar-refractivity contribution in [2.24, 2.45) is 0 Å². The largest absolute Gasteiger partial charge is 0.283 e. The fraction of sp³-hybridized carbons (Fsp3) is 0.100. The number of nitrogens with zero attached hydrogens (tertiary/aromatic N) is 3. The molecule has 3 aromatic heterocycles. The van der Waals surface area contributed by atoms with E-state index in [4.69, 9.17) is 0 Å². The smallest absolute Gasteiger partial charge is 0.244 e. The maximum absolute atomic E-state index is 13.9. The van der Waals surface area contributed by atoms with E-state index < -0.39 is 33.8 Å². The van der Waals surface area contributed by atoms with Gasteiger partial charge >= 0.3 is 0 Å². The Bertz CT molecular complexity index is 1370. The maximum atomic E-state index is 13.9. The number of aryl methyl sites for hydroxylation is 1. The van der Waals surface area contributed by atoms with E-state index in [1.165, 1.54) is 12.1 Å². The zero-order valence-corrected chi connectivity index (χ0v) is 16.2. The van der Waals surface area contributed by atoms with Gasteiger partial charge in [-0.15, -0.1) is 0 Å². The Kier molecular flexibility index (Phi) is 4.81. The molecule has 0 radical (unpaired) electrons. The van der Waals surface area contributed by atoms with Crippen LogP contribution in [0.15, 0.2) is 59.8 Å². The van der Waals surface area contributed by atoms with E-state index in [1.54, 1.807) is 19.1 Å². The second-order valence-electron chi connectivity index (χ2n) is 6.55. The minimum absolute atomic E-state index is 0.0228. The quantitative estimate of drug-likeness (QED) is 0.430. The lowest BCUT2D eigenvalue weighted by atomic mass is 10.1. The van der Waals surface area contributed by atoms with Crippen LogP contribution in [0, 0.1) is 18.6 Å². The van der Waals surface area contributed by atoms with Gasteiger partial charge in [-0.3, -0.25) is 0 Å². The van der Waals surface area contributed by atoms with Crippen molar-refractivity contribution in [2.75, 3.05) is 0 Å². The Hall–Kier alpha value is -3.27. The van der Waals surface area contributed by atoms with E-state index in [1.807, 2.05) is 0 Å². The molecule has 154 valence electrons. The predicted molar refractivity (Wildman–Crippen MR) is 102 cm³/mol. The molecule has 0 saturated heterocycles. The molecule has 0 aliphatic carbocycles. The second-order valence-corrected chi connectivity index (χ2v) is 8.36. The van der Waals surface area contributed by atoms with Gasteiger partial charge in [0, 0.05) is 17.1 Å². The molecule has 1 aromatic carbocycles. The molecule has 0 unspecified atom stereocenters. The van der Waals surface area contributed by atoms with Crippen molar-refractivity contribution in [3.05, 3.63) is 77.8 Å². The molecule has 0 amide bonds. The lowest BCUT2D eigenvalue weighted by Gasteiger charge is -2.07. The van der Waals surface area contributed by atoms with Gasteiger partial charge < -0.3 is 0 Å². The van der Waals surface area contributed by atoms with Crippen LogP contribution in [0.2, 0.25) is 0 Å². The van der Waals surface area contributed by atoms with Crippen molar-refractivity contribution in [3.8, 4) is 11.3 Å². The lowest BCUT2D eigenvalue weighted by molar-refractivity contribution is 0.140. The third kappa shape index (κ3) is 3.32. The SMILES string of the molecule is Cc1ccc(S(=O)(=O)n2cc(-c3ccc(F)c(C(F)F)n3)c3cc(F)cnc32)cc1. The Morgan fingerprint density at radius 2 is 1.73 bits per heavy atom. The summed E-state index contributed by atoms with van der Waals surface area (Å²) in [5, 5.41) is 0.0324. The molecule has 5 nitrogen and oxygen atoms in total. The molecule has 4 aromatic rings. The number of fused-ring (bicyclic) bond motifs is 1.